The van der Waals surface area contributed by atoms with Crippen LogP contribution in [0.15, 0.2) is 24.5 Å². The zero-order valence-corrected chi connectivity index (χ0v) is 12.6. The first-order valence-electron chi connectivity index (χ1n) is 6.96. The molecule has 0 amide bonds. The van der Waals surface area contributed by atoms with Crippen molar-refractivity contribution in [3.05, 3.63) is 29.5 Å². The maximum atomic E-state index is 6.09. The lowest BCUT2D eigenvalue weighted by molar-refractivity contribution is 0.439. The zero-order chi connectivity index (χ0) is 12.8. The van der Waals surface area contributed by atoms with Crippen LogP contribution >= 0.6 is 24.0 Å². The summed E-state index contributed by atoms with van der Waals surface area (Å²) in [6.45, 7) is 0. The highest BCUT2D eigenvalue weighted by Crippen LogP contribution is 2.45. The number of anilines is 1. The Balaban J connectivity index is 0.00000121. The molecule has 3 unspecified atom stereocenters. The van der Waals surface area contributed by atoms with Gasteiger partial charge >= 0.3 is 0 Å². The number of aromatic nitrogens is 2. The smallest absolute Gasteiger partial charge is 0.137 e. The molecule has 1 heterocycles. The van der Waals surface area contributed by atoms with E-state index in [-0.39, 0.29) is 12.4 Å². The number of fused-ring (bicyclic) bond motifs is 3. The topological polar surface area (TPSA) is 37.8 Å². The number of rotatable bonds is 2. The van der Waals surface area contributed by atoms with Gasteiger partial charge in [-0.25, -0.2) is 9.97 Å². The van der Waals surface area contributed by atoms with E-state index in [4.69, 9.17) is 11.6 Å². The summed E-state index contributed by atoms with van der Waals surface area (Å²) < 4.78 is 0. The van der Waals surface area contributed by atoms with Gasteiger partial charge in [0.2, 0.25) is 0 Å². The number of nitrogens with one attached hydrogen (secondary N) is 1. The number of benzene rings is 1. The van der Waals surface area contributed by atoms with E-state index in [1.165, 1.54) is 25.7 Å². The molecule has 0 aliphatic heterocycles. The summed E-state index contributed by atoms with van der Waals surface area (Å²) in [6.07, 6.45) is 7.09. The van der Waals surface area contributed by atoms with E-state index in [1.807, 2.05) is 18.2 Å². The van der Waals surface area contributed by atoms with E-state index >= 15 is 0 Å². The lowest BCUT2D eigenvalue weighted by Gasteiger charge is -2.23. The third kappa shape index (κ3) is 2.33. The molecule has 4 rings (SSSR count). The van der Waals surface area contributed by atoms with Gasteiger partial charge in [0, 0.05) is 16.5 Å². The van der Waals surface area contributed by atoms with Gasteiger partial charge in [0.05, 0.1) is 5.52 Å². The summed E-state index contributed by atoms with van der Waals surface area (Å²) in [5.41, 5.74) is 0.949. The molecule has 2 bridgehead atoms. The predicted octanol–water partition coefficient (Wildman–Crippen LogP) is 4.31. The Hall–Kier alpha value is -1.06. The van der Waals surface area contributed by atoms with Crippen LogP contribution in [0.3, 0.4) is 0 Å². The van der Waals surface area contributed by atoms with E-state index in [0.717, 1.165) is 33.6 Å². The molecule has 1 N–H and O–H groups in total. The van der Waals surface area contributed by atoms with Crippen molar-refractivity contribution in [2.45, 2.75) is 31.7 Å². The van der Waals surface area contributed by atoms with E-state index in [0.29, 0.717) is 6.04 Å². The Morgan fingerprint density at radius 3 is 2.80 bits per heavy atom. The van der Waals surface area contributed by atoms with E-state index in [9.17, 15) is 0 Å². The van der Waals surface area contributed by atoms with Gasteiger partial charge in [-0.3, -0.25) is 0 Å². The highest BCUT2D eigenvalue weighted by Gasteiger charge is 2.39. The Morgan fingerprint density at radius 1 is 1.15 bits per heavy atom. The minimum atomic E-state index is 0. The SMILES string of the molecule is Cl.Clc1ccc2ncnc(NC3CC4CCC3C4)c2c1. The van der Waals surface area contributed by atoms with E-state index in [2.05, 4.69) is 15.3 Å². The normalized spacial score (nSPS) is 27.6. The predicted molar refractivity (Wildman–Crippen MR) is 84.7 cm³/mol. The molecular formula is C15H17Cl2N3. The Bertz CT molecular complexity index is 632. The van der Waals surface area contributed by atoms with Crippen LogP contribution < -0.4 is 5.32 Å². The van der Waals surface area contributed by atoms with Crippen molar-refractivity contribution in [1.29, 1.82) is 0 Å². The molecule has 2 fully saturated rings. The van der Waals surface area contributed by atoms with Gasteiger partial charge in [0.25, 0.3) is 0 Å². The fraction of sp³-hybridized carbons (Fsp3) is 0.467. The van der Waals surface area contributed by atoms with Gasteiger partial charge in [-0.1, -0.05) is 18.0 Å². The molecule has 106 valence electrons. The summed E-state index contributed by atoms with van der Waals surface area (Å²) >= 11 is 6.09. The van der Waals surface area contributed by atoms with Gasteiger partial charge < -0.3 is 5.32 Å². The standard InChI is InChI=1S/C15H16ClN3.ClH/c16-11-3-4-13-12(7-11)15(18-8-17-13)19-14-6-9-1-2-10(14)5-9;/h3-4,7-10,14H,1-2,5-6H2,(H,17,18,19);1H. The molecule has 2 aliphatic carbocycles. The first-order chi connectivity index (χ1) is 9.29. The molecule has 3 nitrogen and oxygen atoms in total. The van der Waals surface area contributed by atoms with Crippen molar-refractivity contribution in [2.24, 2.45) is 11.8 Å². The van der Waals surface area contributed by atoms with Gasteiger partial charge in [-0.15, -0.1) is 12.4 Å². The summed E-state index contributed by atoms with van der Waals surface area (Å²) in [5, 5.41) is 5.39. The molecule has 0 spiro atoms. The molecule has 0 saturated heterocycles. The Labute approximate surface area is 129 Å². The molecule has 1 aromatic heterocycles. The summed E-state index contributed by atoms with van der Waals surface area (Å²) in [4.78, 5) is 8.71. The maximum absolute atomic E-state index is 6.09. The Kier molecular flexibility index (Phi) is 3.74. The van der Waals surface area contributed by atoms with Crippen LogP contribution in [0.2, 0.25) is 5.02 Å². The number of hydrogen-bond donors (Lipinski definition) is 1. The van der Waals surface area contributed by atoms with Crippen LogP contribution in [-0.4, -0.2) is 16.0 Å². The van der Waals surface area contributed by atoms with Gasteiger partial charge in [0.15, 0.2) is 0 Å². The number of nitrogens with zero attached hydrogens (tertiary/aromatic N) is 2. The quantitative estimate of drug-likeness (QED) is 0.898. The molecule has 0 radical (unpaired) electrons. The van der Waals surface area contributed by atoms with Crippen molar-refractivity contribution < 1.29 is 0 Å². The van der Waals surface area contributed by atoms with Crippen LogP contribution in [0.25, 0.3) is 10.9 Å². The molecule has 20 heavy (non-hydrogen) atoms. The van der Waals surface area contributed by atoms with Crippen LogP contribution in [0.1, 0.15) is 25.7 Å². The second-order valence-electron chi connectivity index (χ2n) is 5.81. The molecule has 2 aromatic rings. The van der Waals surface area contributed by atoms with Gasteiger partial charge in [-0.2, -0.15) is 0 Å². The first kappa shape index (κ1) is 13.9. The molecular weight excluding hydrogens is 293 g/mol. The molecule has 1 aromatic carbocycles. The summed E-state index contributed by atoms with van der Waals surface area (Å²) in [6, 6.07) is 6.35. The van der Waals surface area contributed by atoms with Crippen molar-refractivity contribution >= 4 is 40.7 Å². The second-order valence-corrected chi connectivity index (χ2v) is 6.25. The largest absolute Gasteiger partial charge is 0.366 e. The van der Waals surface area contributed by atoms with Gasteiger partial charge in [-0.05, 0) is 49.3 Å². The third-order valence-electron chi connectivity index (χ3n) is 4.66. The molecule has 2 aliphatic rings. The lowest BCUT2D eigenvalue weighted by atomic mass is 9.95. The zero-order valence-electron chi connectivity index (χ0n) is 11.1. The van der Waals surface area contributed by atoms with Crippen LogP contribution in [-0.2, 0) is 0 Å². The molecule has 5 heteroatoms. The maximum Gasteiger partial charge on any atom is 0.137 e. The fourth-order valence-corrected chi connectivity index (χ4v) is 3.91. The highest BCUT2D eigenvalue weighted by molar-refractivity contribution is 6.31. The van der Waals surface area contributed by atoms with Crippen molar-refractivity contribution in [3.8, 4) is 0 Å². The average molecular weight is 310 g/mol. The van der Waals surface area contributed by atoms with E-state index in [1.54, 1.807) is 6.33 Å². The van der Waals surface area contributed by atoms with Crippen LogP contribution in [0, 0.1) is 11.8 Å². The average Bonchev–Trinajstić information content (AvgIpc) is 3.02. The Morgan fingerprint density at radius 2 is 2.05 bits per heavy atom. The lowest BCUT2D eigenvalue weighted by Crippen LogP contribution is -2.26. The van der Waals surface area contributed by atoms with Crippen molar-refractivity contribution in [2.75, 3.05) is 5.32 Å². The van der Waals surface area contributed by atoms with Gasteiger partial charge in [0.1, 0.15) is 12.1 Å². The van der Waals surface area contributed by atoms with E-state index < -0.39 is 0 Å². The third-order valence-corrected chi connectivity index (χ3v) is 4.89. The summed E-state index contributed by atoms with van der Waals surface area (Å²) in [7, 11) is 0. The minimum absolute atomic E-state index is 0. The van der Waals surface area contributed by atoms with Crippen molar-refractivity contribution in [3.63, 3.8) is 0 Å². The van der Waals surface area contributed by atoms with Crippen LogP contribution in [0.5, 0.6) is 0 Å². The number of halogens is 2. The second kappa shape index (κ2) is 5.38. The van der Waals surface area contributed by atoms with Crippen LogP contribution in [0.4, 0.5) is 5.82 Å². The van der Waals surface area contributed by atoms with Crippen molar-refractivity contribution in [1.82, 2.24) is 9.97 Å². The highest BCUT2D eigenvalue weighted by atomic mass is 35.5. The summed E-state index contributed by atoms with van der Waals surface area (Å²) in [5.74, 6) is 2.69. The monoisotopic (exact) mass is 309 g/mol. The number of hydrogen-bond acceptors (Lipinski definition) is 3. The molecule has 3 atom stereocenters. The molecule has 2 saturated carbocycles. The first-order valence-corrected chi connectivity index (χ1v) is 7.34. The fourth-order valence-electron chi connectivity index (χ4n) is 3.74. The minimum Gasteiger partial charge on any atom is -0.366 e.